The highest BCUT2D eigenvalue weighted by Crippen LogP contribution is 2.28. The Bertz CT molecular complexity index is 809. The van der Waals surface area contributed by atoms with Crippen molar-refractivity contribution >= 4 is 46.4 Å². The fourth-order valence-corrected chi connectivity index (χ4v) is 2.75. The van der Waals surface area contributed by atoms with Crippen LogP contribution in [0.4, 0.5) is 11.4 Å². The smallest absolute Gasteiger partial charge is 0.244 e. The third-order valence-electron chi connectivity index (χ3n) is 3.58. The molecule has 2 aromatic carbocycles. The van der Waals surface area contributed by atoms with Crippen molar-refractivity contribution in [3.05, 3.63) is 52.0 Å². The maximum atomic E-state index is 12.4. The summed E-state index contributed by atoms with van der Waals surface area (Å²) in [6.45, 7) is 3.11. The third kappa shape index (κ3) is 4.87. The molecule has 25 heavy (non-hydrogen) atoms. The van der Waals surface area contributed by atoms with Gasteiger partial charge in [0.05, 0.1) is 12.1 Å². The Morgan fingerprint density at radius 2 is 1.88 bits per heavy atom. The predicted molar refractivity (Wildman–Crippen MR) is 101 cm³/mol. The molecule has 0 heterocycles. The molecule has 2 rings (SSSR count). The molecule has 2 amide bonds. The predicted octanol–water partition coefficient (Wildman–Crippen LogP) is 4.30. The molecule has 0 saturated carbocycles. The van der Waals surface area contributed by atoms with Gasteiger partial charge in [-0.1, -0.05) is 29.3 Å². The highest BCUT2D eigenvalue weighted by Gasteiger charge is 2.18. The summed E-state index contributed by atoms with van der Waals surface area (Å²) in [5.41, 5.74) is 1.96. The number of amides is 2. The number of anilines is 2. The fourth-order valence-electron chi connectivity index (χ4n) is 2.33. The van der Waals surface area contributed by atoms with Crippen molar-refractivity contribution in [3.8, 4) is 5.75 Å². The number of benzene rings is 2. The monoisotopic (exact) mass is 380 g/mol. The summed E-state index contributed by atoms with van der Waals surface area (Å²) < 4.78 is 5.07. The highest BCUT2D eigenvalue weighted by atomic mass is 35.5. The molecule has 0 aliphatic carbocycles. The number of carbonyl (C=O) groups excluding carboxylic acids is 2. The van der Waals surface area contributed by atoms with Crippen LogP contribution < -0.4 is 15.0 Å². The Hall–Kier alpha value is -2.24. The number of rotatable bonds is 5. The zero-order valence-corrected chi connectivity index (χ0v) is 15.6. The standard InChI is InChI=1S/C18H18Cl2N2O3/c1-11-4-5-13(19)8-16(11)22(12(2)23)10-18(24)21-14-6-7-17(25-3)15(20)9-14/h4-9H,10H2,1-3H3,(H,21,24). The van der Waals surface area contributed by atoms with Gasteiger partial charge in [-0.25, -0.2) is 0 Å². The molecular formula is C18H18Cl2N2O3. The minimum atomic E-state index is -0.351. The van der Waals surface area contributed by atoms with E-state index in [9.17, 15) is 9.59 Å². The highest BCUT2D eigenvalue weighted by molar-refractivity contribution is 6.32. The number of methoxy groups -OCH3 is 1. The Morgan fingerprint density at radius 1 is 1.16 bits per heavy atom. The van der Waals surface area contributed by atoms with Crippen molar-refractivity contribution in [2.24, 2.45) is 0 Å². The van der Waals surface area contributed by atoms with Gasteiger partial charge in [0, 0.05) is 23.3 Å². The molecule has 2 aromatic rings. The largest absolute Gasteiger partial charge is 0.495 e. The van der Waals surface area contributed by atoms with Gasteiger partial charge in [0.2, 0.25) is 11.8 Å². The number of ether oxygens (including phenoxy) is 1. The van der Waals surface area contributed by atoms with Gasteiger partial charge in [-0.15, -0.1) is 0 Å². The Kier molecular flexibility index (Phi) is 6.28. The van der Waals surface area contributed by atoms with Gasteiger partial charge in [0.25, 0.3) is 0 Å². The van der Waals surface area contributed by atoms with Crippen LogP contribution in [0.1, 0.15) is 12.5 Å². The molecule has 0 fully saturated rings. The van der Waals surface area contributed by atoms with E-state index in [1.165, 1.54) is 18.9 Å². The first kappa shape index (κ1) is 19.1. The van der Waals surface area contributed by atoms with Crippen molar-refractivity contribution in [2.45, 2.75) is 13.8 Å². The van der Waals surface area contributed by atoms with E-state index in [0.717, 1.165) is 5.56 Å². The molecule has 0 aromatic heterocycles. The SMILES string of the molecule is COc1ccc(NC(=O)CN(C(C)=O)c2cc(Cl)ccc2C)cc1Cl. The lowest BCUT2D eigenvalue weighted by Crippen LogP contribution is -2.37. The first-order valence-corrected chi connectivity index (χ1v) is 8.25. The second-order valence-electron chi connectivity index (χ2n) is 5.43. The van der Waals surface area contributed by atoms with Gasteiger partial charge < -0.3 is 15.0 Å². The first-order valence-electron chi connectivity index (χ1n) is 7.49. The minimum absolute atomic E-state index is 0.139. The van der Waals surface area contributed by atoms with Crippen LogP contribution in [0.5, 0.6) is 5.75 Å². The third-order valence-corrected chi connectivity index (χ3v) is 4.11. The fraction of sp³-hybridized carbons (Fsp3) is 0.222. The van der Waals surface area contributed by atoms with Crippen molar-refractivity contribution in [1.29, 1.82) is 0 Å². The number of halogens is 2. The molecule has 0 aliphatic heterocycles. The number of aryl methyl sites for hydroxylation is 1. The van der Waals surface area contributed by atoms with Crippen LogP contribution in [0.3, 0.4) is 0 Å². The lowest BCUT2D eigenvalue weighted by Gasteiger charge is -2.23. The van der Waals surface area contributed by atoms with Gasteiger partial charge in [-0.2, -0.15) is 0 Å². The summed E-state index contributed by atoms with van der Waals surface area (Å²) in [6.07, 6.45) is 0. The summed E-state index contributed by atoms with van der Waals surface area (Å²) in [5.74, 6) is -0.0938. The Morgan fingerprint density at radius 3 is 2.48 bits per heavy atom. The zero-order valence-electron chi connectivity index (χ0n) is 14.1. The summed E-state index contributed by atoms with van der Waals surface area (Å²) in [5, 5.41) is 3.60. The molecule has 1 N–H and O–H groups in total. The summed E-state index contributed by atoms with van der Waals surface area (Å²) >= 11 is 12.1. The second-order valence-corrected chi connectivity index (χ2v) is 6.28. The van der Waals surface area contributed by atoms with E-state index in [1.54, 1.807) is 36.4 Å². The van der Waals surface area contributed by atoms with E-state index in [0.29, 0.717) is 27.2 Å². The zero-order chi connectivity index (χ0) is 18.6. The van der Waals surface area contributed by atoms with Crippen molar-refractivity contribution in [3.63, 3.8) is 0 Å². The molecule has 0 saturated heterocycles. The van der Waals surface area contributed by atoms with E-state index < -0.39 is 0 Å². The average Bonchev–Trinajstić information content (AvgIpc) is 2.55. The van der Waals surface area contributed by atoms with Gasteiger partial charge >= 0.3 is 0 Å². The van der Waals surface area contributed by atoms with E-state index in [4.69, 9.17) is 27.9 Å². The van der Waals surface area contributed by atoms with Gasteiger partial charge in [-0.3, -0.25) is 9.59 Å². The van der Waals surface area contributed by atoms with Gasteiger partial charge in [0.15, 0.2) is 0 Å². The van der Waals surface area contributed by atoms with E-state index in [-0.39, 0.29) is 18.4 Å². The van der Waals surface area contributed by atoms with Gasteiger partial charge in [-0.05, 0) is 42.8 Å². The van der Waals surface area contributed by atoms with Crippen LogP contribution in [0.25, 0.3) is 0 Å². The second kappa shape index (κ2) is 8.23. The van der Waals surface area contributed by atoms with E-state index in [2.05, 4.69) is 5.32 Å². The molecule has 0 atom stereocenters. The lowest BCUT2D eigenvalue weighted by atomic mass is 10.1. The van der Waals surface area contributed by atoms with Crippen molar-refractivity contribution < 1.29 is 14.3 Å². The molecular weight excluding hydrogens is 363 g/mol. The lowest BCUT2D eigenvalue weighted by molar-refractivity contribution is -0.120. The molecule has 0 spiro atoms. The normalized spacial score (nSPS) is 10.3. The quantitative estimate of drug-likeness (QED) is 0.840. The number of carbonyl (C=O) groups is 2. The van der Waals surface area contributed by atoms with Crippen LogP contribution >= 0.6 is 23.2 Å². The molecule has 132 valence electrons. The van der Waals surface area contributed by atoms with Crippen LogP contribution in [0.15, 0.2) is 36.4 Å². The van der Waals surface area contributed by atoms with E-state index >= 15 is 0 Å². The Labute approximate surface area is 156 Å². The minimum Gasteiger partial charge on any atom is -0.495 e. The maximum Gasteiger partial charge on any atom is 0.244 e. The average molecular weight is 381 g/mol. The molecule has 7 heteroatoms. The summed E-state index contributed by atoms with van der Waals surface area (Å²) in [4.78, 5) is 25.7. The number of nitrogens with zero attached hydrogens (tertiary/aromatic N) is 1. The Balaban J connectivity index is 2.17. The van der Waals surface area contributed by atoms with E-state index in [1.807, 2.05) is 6.92 Å². The first-order chi connectivity index (χ1) is 11.8. The number of hydrogen-bond acceptors (Lipinski definition) is 3. The molecule has 5 nitrogen and oxygen atoms in total. The van der Waals surface area contributed by atoms with Crippen molar-refractivity contribution in [2.75, 3.05) is 23.9 Å². The summed E-state index contributed by atoms with van der Waals surface area (Å²) in [7, 11) is 1.51. The number of hydrogen-bond donors (Lipinski definition) is 1. The van der Waals surface area contributed by atoms with Crippen LogP contribution in [-0.2, 0) is 9.59 Å². The van der Waals surface area contributed by atoms with Crippen LogP contribution in [0, 0.1) is 6.92 Å². The molecule has 0 aliphatic rings. The maximum absolute atomic E-state index is 12.4. The topological polar surface area (TPSA) is 58.6 Å². The molecule has 0 bridgehead atoms. The van der Waals surface area contributed by atoms with Crippen LogP contribution in [-0.4, -0.2) is 25.5 Å². The number of nitrogens with one attached hydrogen (secondary N) is 1. The van der Waals surface area contributed by atoms with Gasteiger partial charge in [0.1, 0.15) is 12.3 Å². The van der Waals surface area contributed by atoms with Crippen molar-refractivity contribution in [1.82, 2.24) is 0 Å². The molecule has 0 radical (unpaired) electrons. The molecule has 0 unspecified atom stereocenters. The summed E-state index contributed by atoms with van der Waals surface area (Å²) in [6, 6.07) is 10.1. The van der Waals surface area contributed by atoms with Crippen LogP contribution in [0.2, 0.25) is 10.0 Å².